The van der Waals surface area contributed by atoms with Crippen molar-refractivity contribution in [2.45, 2.75) is 31.7 Å². The van der Waals surface area contributed by atoms with E-state index in [4.69, 9.17) is 5.73 Å². The Morgan fingerprint density at radius 2 is 2.04 bits per heavy atom. The van der Waals surface area contributed by atoms with Crippen LogP contribution >= 0.6 is 0 Å². The third-order valence-corrected chi connectivity index (χ3v) is 5.24. The van der Waals surface area contributed by atoms with Gasteiger partial charge >= 0.3 is 5.69 Å². The van der Waals surface area contributed by atoms with Crippen molar-refractivity contribution >= 4 is 21.9 Å². The molecule has 0 radical (unpaired) electrons. The van der Waals surface area contributed by atoms with Crippen molar-refractivity contribution in [1.29, 1.82) is 0 Å². The number of hydrogen-bond donors (Lipinski definition) is 4. The van der Waals surface area contributed by atoms with Crippen LogP contribution in [-0.2, 0) is 0 Å². The lowest BCUT2D eigenvalue weighted by atomic mass is 9.85. The van der Waals surface area contributed by atoms with Crippen LogP contribution in [0.4, 0.5) is 0 Å². The van der Waals surface area contributed by atoms with Gasteiger partial charge in [-0.2, -0.15) is 0 Å². The Morgan fingerprint density at radius 3 is 2.80 bits per heavy atom. The Kier molecular flexibility index (Phi) is 4.14. The summed E-state index contributed by atoms with van der Waals surface area (Å²) in [7, 11) is 0. The molecule has 3 aromatic heterocycles. The number of fused-ring (bicyclic) bond motifs is 3. The molecule has 1 fully saturated rings. The second-order valence-corrected chi connectivity index (χ2v) is 6.72. The fourth-order valence-electron chi connectivity index (χ4n) is 3.99. The number of nitrogens with zero attached hydrogens (tertiary/aromatic N) is 2. The van der Waals surface area contributed by atoms with Crippen molar-refractivity contribution in [2.24, 2.45) is 11.7 Å². The third kappa shape index (κ3) is 2.77. The molecule has 0 bridgehead atoms. The van der Waals surface area contributed by atoms with Gasteiger partial charge in [0.1, 0.15) is 5.65 Å². The van der Waals surface area contributed by atoms with Crippen LogP contribution in [0.2, 0.25) is 0 Å². The van der Waals surface area contributed by atoms with Crippen molar-refractivity contribution in [1.82, 2.24) is 24.8 Å². The largest absolute Gasteiger partial charge is 0.346 e. The average molecular weight is 342 g/mol. The predicted molar refractivity (Wildman–Crippen MR) is 96.5 cm³/mol. The minimum Gasteiger partial charge on any atom is -0.346 e. The average Bonchev–Trinajstić information content (AvgIpc) is 3.10. The molecule has 1 aliphatic carbocycles. The molecule has 0 amide bonds. The number of nitrogens with two attached hydrogens (primary N) is 1. The van der Waals surface area contributed by atoms with Gasteiger partial charge in [-0.25, -0.2) is 9.78 Å². The Labute approximate surface area is 143 Å². The first-order chi connectivity index (χ1) is 12.2. The summed E-state index contributed by atoms with van der Waals surface area (Å²) in [6, 6.07) is 1.96. The first-order valence-corrected chi connectivity index (χ1v) is 8.70. The zero-order valence-electron chi connectivity index (χ0n) is 13.9. The lowest BCUT2D eigenvalue weighted by molar-refractivity contribution is 0.267. The Hall–Kier alpha value is -2.45. The smallest absolute Gasteiger partial charge is 0.329 e. The van der Waals surface area contributed by atoms with Crippen molar-refractivity contribution < 1.29 is 0 Å². The molecule has 25 heavy (non-hydrogen) atoms. The molecule has 0 spiro atoms. The van der Waals surface area contributed by atoms with Gasteiger partial charge in [0.25, 0.3) is 5.56 Å². The highest BCUT2D eigenvalue weighted by Gasteiger charge is 2.25. The van der Waals surface area contributed by atoms with Crippen LogP contribution in [-0.4, -0.2) is 32.7 Å². The quantitative estimate of drug-likeness (QED) is 0.523. The van der Waals surface area contributed by atoms with Gasteiger partial charge in [-0.3, -0.25) is 14.3 Å². The zero-order valence-corrected chi connectivity index (χ0v) is 13.9. The summed E-state index contributed by atoms with van der Waals surface area (Å²) in [6.07, 6.45) is 7.21. The fraction of sp³-hybridized carbons (Fsp3) is 0.471. The maximum absolute atomic E-state index is 12.6. The monoisotopic (exact) mass is 342 g/mol. The summed E-state index contributed by atoms with van der Waals surface area (Å²) < 4.78 is 1.77. The second-order valence-electron chi connectivity index (χ2n) is 6.72. The van der Waals surface area contributed by atoms with E-state index in [2.05, 4.69) is 20.3 Å². The Bertz CT molecular complexity index is 1010. The molecule has 1 saturated carbocycles. The molecule has 8 nitrogen and oxygen atoms in total. The lowest BCUT2D eigenvalue weighted by Crippen LogP contribution is -2.36. The van der Waals surface area contributed by atoms with Crippen LogP contribution in [0.15, 0.2) is 28.0 Å². The molecule has 0 atom stereocenters. The molecule has 0 saturated heterocycles. The van der Waals surface area contributed by atoms with Crippen molar-refractivity contribution in [3.05, 3.63) is 39.3 Å². The molecule has 0 aliphatic heterocycles. The van der Waals surface area contributed by atoms with E-state index < -0.39 is 0 Å². The maximum atomic E-state index is 12.6. The molecule has 0 unspecified atom stereocenters. The van der Waals surface area contributed by atoms with E-state index in [1.807, 2.05) is 6.07 Å². The van der Waals surface area contributed by atoms with Crippen LogP contribution in [0, 0.1) is 5.92 Å². The summed E-state index contributed by atoms with van der Waals surface area (Å²) in [5.74, 6) is 0.582. The minimum absolute atomic E-state index is 0.0847. The van der Waals surface area contributed by atoms with Gasteiger partial charge in [-0.1, -0.05) is 0 Å². The van der Waals surface area contributed by atoms with Crippen molar-refractivity contribution in [3.8, 4) is 0 Å². The summed E-state index contributed by atoms with van der Waals surface area (Å²) in [4.78, 5) is 34.6. The van der Waals surface area contributed by atoms with Crippen LogP contribution in [0.1, 0.15) is 31.7 Å². The number of aromatic nitrogens is 4. The van der Waals surface area contributed by atoms with Gasteiger partial charge < -0.3 is 16.0 Å². The van der Waals surface area contributed by atoms with E-state index in [1.54, 1.807) is 17.0 Å². The van der Waals surface area contributed by atoms with Gasteiger partial charge in [0.05, 0.1) is 10.9 Å². The maximum Gasteiger partial charge on any atom is 0.329 e. The summed E-state index contributed by atoms with van der Waals surface area (Å²) >= 11 is 0. The number of aromatic amines is 2. The Morgan fingerprint density at radius 1 is 1.24 bits per heavy atom. The molecule has 132 valence electrons. The van der Waals surface area contributed by atoms with E-state index >= 15 is 0 Å². The predicted octanol–water partition coefficient (Wildman–Crippen LogP) is 0.803. The highest BCUT2D eigenvalue weighted by molar-refractivity contribution is 6.01. The topological polar surface area (TPSA) is 122 Å². The van der Waals surface area contributed by atoms with Gasteiger partial charge in [0, 0.05) is 30.5 Å². The van der Waals surface area contributed by atoms with E-state index in [0.717, 1.165) is 37.6 Å². The molecular formula is C17H22N6O2. The first-order valence-electron chi connectivity index (χ1n) is 8.70. The summed E-state index contributed by atoms with van der Waals surface area (Å²) in [6.45, 7) is 1.40. The highest BCUT2D eigenvalue weighted by atomic mass is 16.2. The number of nitrogens with one attached hydrogen (secondary N) is 3. The molecule has 5 N–H and O–H groups in total. The van der Waals surface area contributed by atoms with Crippen LogP contribution in [0.5, 0.6) is 0 Å². The number of H-pyrrole nitrogens is 2. The number of rotatable bonds is 4. The molecule has 3 aromatic rings. The summed E-state index contributed by atoms with van der Waals surface area (Å²) in [5, 5.41) is 4.46. The van der Waals surface area contributed by atoms with E-state index in [9.17, 15) is 9.59 Å². The van der Waals surface area contributed by atoms with Gasteiger partial charge in [0.2, 0.25) is 0 Å². The molecule has 1 aliphatic rings. The first kappa shape index (κ1) is 16.0. The standard InChI is InChI=1S/C17H22N6O2/c18-9-19-7-10-1-3-11(4-2-10)23-14-12-5-6-20-15(12)21-8-13(14)16(24)22-17(23)25/h5-6,8,10-11,19H,1-4,7,9,18H2,(H,20,21)(H,22,24,25)/t10-,11-. The van der Waals surface area contributed by atoms with Gasteiger partial charge in [0.15, 0.2) is 0 Å². The van der Waals surface area contributed by atoms with Crippen LogP contribution in [0.3, 0.4) is 0 Å². The minimum atomic E-state index is -0.382. The molecule has 4 rings (SSSR count). The van der Waals surface area contributed by atoms with Gasteiger partial charge in [-0.05, 0) is 44.2 Å². The molecule has 8 heteroatoms. The van der Waals surface area contributed by atoms with E-state index in [1.165, 1.54) is 0 Å². The number of pyridine rings is 1. The van der Waals surface area contributed by atoms with Crippen molar-refractivity contribution in [3.63, 3.8) is 0 Å². The zero-order chi connectivity index (χ0) is 17.4. The third-order valence-electron chi connectivity index (χ3n) is 5.24. The second kappa shape index (κ2) is 6.45. The normalized spacial score (nSPS) is 21.2. The summed E-state index contributed by atoms with van der Waals surface area (Å²) in [5.41, 5.74) is 6.15. The molecule has 3 heterocycles. The van der Waals surface area contributed by atoms with Crippen molar-refractivity contribution in [2.75, 3.05) is 13.2 Å². The highest BCUT2D eigenvalue weighted by Crippen LogP contribution is 2.33. The van der Waals surface area contributed by atoms with Crippen LogP contribution < -0.4 is 22.3 Å². The SMILES string of the molecule is NCNC[C@H]1CC[C@H](n2c(=O)[nH]c(=O)c3cnc4[nH]ccc4c32)CC1. The van der Waals surface area contributed by atoms with Gasteiger partial charge in [-0.15, -0.1) is 0 Å². The van der Waals surface area contributed by atoms with Crippen LogP contribution in [0.25, 0.3) is 21.9 Å². The molecule has 0 aromatic carbocycles. The number of hydrogen-bond acceptors (Lipinski definition) is 5. The lowest BCUT2D eigenvalue weighted by Gasteiger charge is -2.30. The van der Waals surface area contributed by atoms with E-state index in [0.29, 0.717) is 29.1 Å². The van der Waals surface area contributed by atoms with E-state index in [-0.39, 0.29) is 17.3 Å². The Balaban J connectivity index is 1.78. The molecular weight excluding hydrogens is 320 g/mol. The fourth-order valence-corrected chi connectivity index (χ4v) is 3.99.